The molecule has 0 bridgehead atoms. The molecule has 0 radical (unpaired) electrons. The first-order chi connectivity index (χ1) is 12.9. The van der Waals surface area contributed by atoms with Gasteiger partial charge in [-0.1, -0.05) is 42.5 Å². The topological polar surface area (TPSA) is 24.8 Å². The van der Waals surface area contributed by atoms with E-state index in [1.54, 1.807) is 0 Å². The number of nitrogens with zero attached hydrogens (tertiary/aromatic N) is 2. The lowest BCUT2D eigenvalue weighted by molar-refractivity contribution is -0.0836. The maximum Gasteiger partial charge on any atom is 0.0635 e. The van der Waals surface area contributed by atoms with Crippen molar-refractivity contribution in [2.24, 2.45) is 4.99 Å². The zero-order valence-corrected chi connectivity index (χ0v) is 17.1. The molecule has 1 aliphatic heterocycles. The van der Waals surface area contributed by atoms with Gasteiger partial charge in [0.05, 0.1) is 5.60 Å². The second-order valence-electron chi connectivity index (χ2n) is 8.45. The van der Waals surface area contributed by atoms with Crippen molar-refractivity contribution in [3.05, 3.63) is 65.7 Å². The Morgan fingerprint density at radius 2 is 1.74 bits per heavy atom. The third-order valence-corrected chi connectivity index (χ3v) is 5.59. The summed E-state index contributed by atoms with van der Waals surface area (Å²) in [4.78, 5) is 6.86. The molecule has 0 aliphatic carbocycles. The van der Waals surface area contributed by atoms with Gasteiger partial charge in [0.2, 0.25) is 0 Å². The monoisotopic (exact) mass is 364 g/mol. The van der Waals surface area contributed by atoms with Gasteiger partial charge in [-0.05, 0) is 56.4 Å². The molecule has 0 N–H and O–H groups in total. The first-order valence-corrected chi connectivity index (χ1v) is 9.87. The van der Waals surface area contributed by atoms with Crippen molar-refractivity contribution >= 4 is 11.9 Å². The van der Waals surface area contributed by atoms with E-state index in [-0.39, 0.29) is 11.0 Å². The average molecular weight is 365 g/mol. The standard InChI is InChI=1S/C24H32N2O/c1-23(2)19-24(15-17-27-23,21-8-6-5-7-9-21)14-16-25-18-20-10-12-22(13-11-20)26(3)4/h5-13,18H,14-17,19H2,1-4H3/t24-/m1/s1. The summed E-state index contributed by atoms with van der Waals surface area (Å²) in [5, 5.41) is 0. The molecular formula is C24H32N2O. The van der Waals surface area contributed by atoms with Gasteiger partial charge >= 0.3 is 0 Å². The van der Waals surface area contributed by atoms with Crippen LogP contribution < -0.4 is 4.90 Å². The molecule has 1 atom stereocenters. The fourth-order valence-electron chi connectivity index (χ4n) is 4.18. The van der Waals surface area contributed by atoms with Gasteiger partial charge in [-0.2, -0.15) is 0 Å². The van der Waals surface area contributed by atoms with E-state index in [2.05, 4.69) is 87.4 Å². The van der Waals surface area contributed by atoms with Crippen molar-refractivity contribution in [2.75, 3.05) is 32.1 Å². The second kappa shape index (κ2) is 8.26. The molecule has 3 nitrogen and oxygen atoms in total. The van der Waals surface area contributed by atoms with Crippen molar-refractivity contribution in [3.63, 3.8) is 0 Å². The Bertz CT molecular complexity index is 750. The molecular weight excluding hydrogens is 332 g/mol. The minimum Gasteiger partial charge on any atom is -0.378 e. The van der Waals surface area contributed by atoms with Crippen LogP contribution in [-0.2, 0) is 10.2 Å². The van der Waals surface area contributed by atoms with E-state index in [1.165, 1.54) is 11.3 Å². The highest BCUT2D eigenvalue weighted by Gasteiger charge is 2.41. The average Bonchev–Trinajstić information content (AvgIpc) is 2.65. The summed E-state index contributed by atoms with van der Waals surface area (Å²) in [5.74, 6) is 0. The summed E-state index contributed by atoms with van der Waals surface area (Å²) >= 11 is 0. The lowest BCUT2D eigenvalue weighted by Gasteiger charge is -2.45. The van der Waals surface area contributed by atoms with Crippen LogP contribution in [0.3, 0.4) is 0 Å². The van der Waals surface area contributed by atoms with Gasteiger partial charge in [-0.3, -0.25) is 4.99 Å². The third-order valence-electron chi connectivity index (χ3n) is 5.59. The third kappa shape index (κ3) is 4.98. The van der Waals surface area contributed by atoms with Crippen LogP contribution in [0.5, 0.6) is 0 Å². The molecule has 0 aromatic heterocycles. The number of hydrogen-bond donors (Lipinski definition) is 0. The largest absolute Gasteiger partial charge is 0.378 e. The molecule has 1 aliphatic rings. The van der Waals surface area contributed by atoms with Crippen LogP contribution in [0.2, 0.25) is 0 Å². The number of hydrogen-bond acceptors (Lipinski definition) is 3. The van der Waals surface area contributed by atoms with E-state index in [1.807, 2.05) is 6.21 Å². The predicted octanol–water partition coefficient (Wildman–Crippen LogP) is 5.09. The van der Waals surface area contributed by atoms with Crippen LogP contribution in [0.15, 0.2) is 59.6 Å². The van der Waals surface area contributed by atoms with Crippen LogP contribution >= 0.6 is 0 Å². The maximum atomic E-state index is 6.01. The fourth-order valence-corrected chi connectivity index (χ4v) is 4.18. The SMILES string of the molecule is CN(C)c1ccc(C=NCC[C@@]2(c3ccccc3)CCOC(C)(C)C2)cc1. The maximum absolute atomic E-state index is 6.01. The van der Waals surface area contributed by atoms with Gasteiger partial charge in [0.1, 0.15) is 0 Å². The summed E-state index contributed by atoms with van der Waals surface area (Å²) in [6.07, 6.45) is 5.16. The highest BCUT2D eigenvalue weighted by atomic mass is 16.5. The van der Waals surface area contributed by atoms with Crippen molar-refractivity contribution in [1.82, 2.24) is 0 Å². The Morgan fingerprint density at radius 3 is 2.37 bits per heavy atom. The minimum absolute atomic E-state index is 0.0835. The predicted molar refractivity (Wildman–Crippen MR) is 115 cm³/mol. The summed E-state index contributed by atoms with van der Waals surface area (Å²) in [5.41, 5.74) is 3.85. The molecule has 2 aromatic rings. The van der Waals surface area contributed by atoms with Gasteiger partial charge in [0.15, 0.2) is 0 Å². The molecule has 0 unspecified atom stereocenters. The Labute approximate surface area is 164 Å². The van der Waals surface area contributed by atoms with Crippen LogP contribution in [0.4, 0.5) is 5.69 Å². The number of benzene rings is 2. The molecule has 0 amide bonds. The van der Waals surface area contributed by atoms with Crippen LogP contribution in [-0.4, -0.2) is 39.1 Å². The van der Waals surface area contributed by atoms with Gasteiger partial charge < -0.3 is 9.64 Å². The zero-order chi connectivity index (χ0) is 19.3. The Hall–Kier alpha value is -2.13. The number of ether oxygens (including phenoxy) is 1. The highest BCUT2D eigenvalue weighted by molar-refractivity contribution is 5.80. The second-order valence-corrected chi connectivity index (χ2v) is 8.45. The van der Waals surface area contributed by atoms with E-state index < -0.39 is 0 Å². The molecule has 1 saturated heterocycles. The molecule has 3 rings (SSSR count). The van der Waals surface area contributed by atoms with Gasteiger partial charge in [-0.25, -0.2) is 0 Å². The fraction of sp³-hybridized carbons (Fsp3) is 0.458. The summed E-state index contributed by atoms with van der Waals surface area (Å²) in [6, 6.07) is 19.5. The van der Waals surface area contributed by atoms with E-state index in [0.717, 1.165) is 38.0 Å². The first kappa shape index (κ1) is 19.6. The highest BCUT2D eigenvalue weighted by Crippen LogP contribution is 2.43. The molecule has 27 heavy (non-hydrogen) atoms. The lowest BCUT2D eigenvalue weighted by Crippen LogP contribution is -2.44. The molecule has 1 fully saturated rings. The first-order valence-electron chi connectivity index (χ1n) is 9.87. The molecule has 0 spiro atoms. The molecule has 2 aromatic carbocycles. The quantitative estimate of drug-likeness (QED) is 0.667. The minimum atomic E-state index is -0.0835. The van der Waals surface area contributed by atoms with Crippen LogP contribution in [0.25, 0.3) is 0 Å². The summed E-state index contributed by atoms with van der Waals surface area (Å²) in [7, 11) is 4.11. The Balaban J connectivity index is 1.70. The Kier molecular flexibility index (Phi) is 6.01. The number of aliphatic imine (C=N–C) groups is 1. The molecule has 1 heterocycles. The molecule has 144 valence electrons. The van der Waals surface area contributed by atoms with Gasteiger partial charge in [0, 0.05) is 44.6 Å². The Morgan fingerprint density at radius 1 is 1.04 bits per heavy atom. The lowest BCUT2D eigenvalue weighted by atomic mass is 9.67. The zero-order valence-electron chi connectivity index (χ0n) is 17.1. The van der Waals surface area contributed by atoms with Crippen LogP contribution in [0, 0.1) is 0 Å². The smallest absolute Gasteiger partial charge is 0.0635 e. The number of rotatable bonds is 6. The van der Waals surface area contributed by atoms with Crippen LogP contribution in [0.1, 0.15) is 44.2 Å². The normalized spacial score (nSPS) is 22.1. The summed E-state index contributed by atoms with van der Waals surface area (Å²) < 4.78 is 6.01. The van der Waals surface area contributed by atoms with E-state index in [9.17, 15) is 0 Å². The molecule has 3 heteroatoms. The summed E-state index contributed by atoms with van der Waals surface area (Å²) in [6.45, 7) is 6.07. The van der Waals surface area contributed by atoms with Gasteiger partial charge in [-0.15, -0.1) is 0 Å². The van der Waals surface area contributed by atoms with Crippen molar-refractivity contribution in [3.8, 4) is 0 Å². The number of anilines is 1. The van der Waals surface area contributed by atoms with Crippen molar-refractivity contribution in [2.45, 2.75) is 44.1 Å². The van der Waals surface area contributed by atoms with E-state index >= 15 is 0 Å². The van der Waals surface area contributed by atoms with E-state index in [0.29, 0.717) is 0 Å². The van der Waals surface area contributed by atoms with Crippen molar-refractivity contribution in [1.29, 1.82) is 0 Å². The van der Waals surface area contributed by atoms with Gasteiger partial charge in [0.25, 0.3) is 0 Å². The van der Waals surface area contributed by atoms with Crippen molar-refractivity contribution < 1.29 is 4.74 Å². The molecule has 0 saturated carbocycles. The van der Waals surface area contributed by atoms with E-state index in [4.69, 9.17) is 9.73 Å².